The van der Waals surface area contributed by atoms with Crippen LogP contribution in [0.3, 0.4) is 0 Å². The number of fused-ring (bicyclic) bond motifs is 1. The van der Waals surface area contributed by atoms with Gasteiger partial charge in [0, 0.05) is 43.4 Å². The maximum absolute atomic E-state index is 12.7. The van der Waals surface area contributed by atoms with Crippen LogP contribution in [0.4, 0.5) is 10.5 Å². The van der Waals surface area contributed by atoms with Crippen molar-refractivity contribution in [3.63, 3.8) is 0 Å². The minimum atomic E-state index is -3.49. The minimum Gasteiger partial charge on any atom is -0.333 e. The number of carbonyl (C=O) groups is 1. The van der Waals surface area contributed by atoms with E-state index in [1.807, 2.05) is 0 Å². The Kier molecular flexibility index (Phi) is 5.75. The number of non-ortho nitro benzene ring substituents is 1. The van der Waals surface area contributed by atoms with E-state index in [0.29, 0.717) is 24.0 Å². The summed E-state index contributed by atoms with van der Waals surface area (Å²) in [6.07, 6.45) is 4.37. The zero-order chi connectivity index (χ0) is 22.0. The second-order valence-corrected chi connectivity index (χ2v) is 9.39. The average molecular weight is 442 g/mol. The van der Waals surface area contributed by atoms with Gasteiger partial charge in [-0.25, -0.2) is 13.2 Å². The summed E-state index contributed by atoms with van der Waals surface area (Å²) in [5, 5.41) is 14.3. The van der Waals surface area contributed by atoms with Gasteiger partial charge < -0.3 is 5.32 Å². The van der Waals surface area contributed by atoms with E-state index in [-0.39, 0.29) is 23.2 Å². The van der Waals surface area contributed by atoms with Crippen molar-refractivity contribution >= 4 is 32.6 Å². The number of hydrogen-bond acceptors (Lipinski definition) is 5. The Hall–Kier alpha value is -3.24. The molecule has 0 bridgehead atoms. The van der Waals surface area contributed by atoms with Gasteiger partial charge in [0.25, 0.3) is 5.69 Å². The van der Waals surface area contributed by atoms with Gasteiger partial charge in [-0.1, -0.05) is 18.6 Å². The zero-order valence-electron chi connectivity index (χ0n) is 16.7. The van der Waals surface area contributed by atoms with Crippen molar-refractivity contribution in [2.45, 2.75) is 30.7 Å². The van der Waals surface area contributed by atoms with Gasteiger partial charge in [-0.3, -0.25) is 14.7 Å². The highest BCUT2D eigenvalue weighted by Gasteiger charge is 2.25. The van der Waals surface area contributed by atoms with Gasteiger partial charge in [-0.15, -0.1) is 0 Å². The van der Waals surface area contributed by atoms with E-state index in [1.165, 1.54) is 27.1 Å². The molecule has 1 amide bonds. The molecule has 1 aromatic heterocycles. The Bertz CT molecular complexity index is 1230. The molecule has 10 heteroatoms. The molecule has 1 aliphatic rings. The summed E-state index contributed by atoms with van der Waals surface area (Å²) in [4.78, 5) is 23.2. The van der Waals surface area contributed by atoms with Gasteiger partial charge in [-0.2, -0.15) is 4.31 Å². The van der Waals surface area contributed by atoms with E-state index in [0.717, 1.165) is 24.8 Å². The normalized spacial score (nSPS) is 15.1. The first-order chi connectivity index (χ1) is 14.9. The Balaban J connectivity index is 1.43. The van der Waals surface area contributed by atoms with E-state index in [4.69, 9.17) is 0 Å². The van der Waals surface area contributed by atoms with E-state index >= 15 is 0 Å². The van der Waals surface area contributed by atoms with Gasteiger partial charge in [0.2, 0.25) is 10.0 Å². The number of amides is 1. The Morgan fingerprint density at radius 1 is 1.03 bits per heavy atom. The SMILES string of the molecule is O=C(NCc1ccc(S(=O)(=O)N2CCCCC2)cc1)n1ccc2cc([N+](=O)[O-])ccc21. The molecule has 0 radical (unpaired) electrons. The summed E-state index contributed by atoms with van der Waals surface area (Å²) in [6.45, 7) is 1.32. The molecule has 9 nitrogen and oxygen atoms in total. The van der Waals surface area contributed by atoms with Gasteiger partial charge in [0.15, 0.2) is 0 Å². The van der Waals surface area contributed by atoms with E-state index in [2.05, 4.69) is 5.32 Å². The smallest absolute Gasteiger partial charge is 0.326 e. The van der Waals surface area contributed by atoms with Gasteiger partial charge in [0.05, 0.1) is 15.3 Å². The highest BCUT2D eigenvalue weighted by atomic mass is 32.2. The quantitative estimate of drug-likeness (QED) is 0.480. The van der Waals surface area contributed by atoms with E-state index < -0.39 is 14.9 Å². The van der Waals surface area contributed by atoms with Crippen LogP contribution in [0.15, 0.2) is 59.6 Å². The van der Waals surface area contributed by atoms with Crippen LogP contribution >= 0.6 is 0 Å². The number of benzene rings is 2. The molecule has 1 fully saturated rings. The van der Waals surface area contributed by atoms with Crippen molar-refractivity contribution in [3.05, 3.63) is 70.4 Å². The van der Waals surface area contributed by atoms with Crippen LogP contribution in [-0.2, 0) is 16.6 Å². The first kappa shape index (κ1) is 21.0. The molecule has 1 saturated heterocycles. The standard InChI is InChI=1S/C21H22N4O5S/c26-21(24-13-10-17-14-18(25(27)28)6-9-20(17)24)22-15-16-4-7-19(8-5-16)31(29,30)23-11-2-1-3-12-23/h4-10,13-14H,1-3,11-12,15H2,(H,22,26). The lowest BCUT2D eigenvalue weighted by Gasteiger charge is -2.25. The summed E-state index contributed by atoms with van der Waals surface area (Å²) in [7, 11) is -3.49. The number of nitro groups is 1. The number of sulfonamides is 1. The number of aromatic nitrogens is 1. The molecule has 2 aromatic carbocycles. The lowest BCUT2D eigenvalue weighted by molar-refractivity contribution is -0.384. The van der Waals surface area contributed by atoms with Crippen LogP contribution in [0.2, 0.25) is 0 Å². The Morgan fingerprint density at radius 3 is 2.42 bits per heavy atom. The topological polar surface area (TPSA) is 115 Å². The summed E-state index contributed by atoms with van der Waals surface area (Å²) < 4.78 is 28.3. The Morgan fingerprint density at radius 2 is 1.74 bits per heavy atom. The minimum absolute atomic E-state index is 0.0368. The van der Waals surface area contributed by atoms with Crippen LogP contribution in [0, 0.1) is 10.1 Å². The number of carbonyl (C=O) groups excluding carboxylic acids is 1. The third-order valence-electron chi connectivity index (χ3n) is 5.42. The molecule has 1 N–H and O–H groups in total. The number of rotatable bonds is 5. The fourth-order valence-corrected chi connectivity index (χ4v) is 5.23. The average Bonchev–Trinajstić information content (AvgIpc) is 3.22. The predicted octanol–water partition coefficient (Wildman–Crippen LogP) is 3.48. The monoisotopic (exact) mass is 442 g/mol. The molecule has 0 spiro atoms. The van der Waals surface area contributed by atoms with E-state index in [9.17, 15) is 23.3 Å². The third-order valence-corrected chi connectivity index (χ3v) is 7.34. The predicted molar refractivity (Wildman–Crippen MR) is 115 cm³/mol. The number of nitrogens with one attached hydrogen (secondary N) is 1. The molecule has 4 rings (SSSR count). The van der Waals surface area contributed by atoms with Crippen molar-refractivity contribution in [2.75, 3.05) is 13.1 Å². The summed E-state index contributed by atoms with van der Waals surface area (Å²) >= 11 is 0. The maximum Gasteiger partial charge on any atom is 0.326 e. The molecule has 0 unspecified atom stereocenters. The molecule has 0 atom stereocenters. The number of hydrogen-bond donors (Lipinski definition) is 1. The second kappa shape index (κ2) is 8.48. The fourth-order valence-electron chi connectivity index (χ4n) is 3.72. The van der Waals surface area contributed by atoms with Crippen LogP contribution in [0.5, 0.6) is 0 Å². The molecule has 2 heterocycles. The van der Waals surface area contributed by atoms with Gasteiger partial charge in [-0.05, 0) is 42.7 Å². The van der Waals surface area contributed by atoms with E-state index in [1.54, 1.807) is 36.5 Å². The second-order valence-electron chi connectivity index (χ2n) is 7.45. The molecule has 0 saturated carbocycles. The zero-order valence-corrected chi connectivity index (χ0v) is 17.5. The molecule has 162 valence electrons. The summed E-state index contributed by atoms with van der Waals surface area (Å²) in [5.41, 5.74) is 1.29. The van der Waals surface area contributed by atoms with Gasteiger partial charge in [0.1, 0.15) is 0 Å². The number of nitrogens with zero attached hydrogens (tertiary/aromatic N) is 3. The Labute approximate surface area is 179 Å². The first-order valence-electron chi connectivity index (χ1n) is 9.99. The molecular weight excluding hydrogens is 420 g/mol. The van der Waals surface area contributed by atoms with Crippen LogP contribution < -0.4 is 5.32 Å². The van der Waals surface area contributed by atoms with Crippen LogP contribution in [-0.4, -0.2) is 41.3 Å². The van der Waals surface area contributed by atoms with Crippen molar-refractivity contribution in [2.24, 2.45) is 0 Å². The molecule has 0 aliphatic carbocycles. The van der Waals surface area contributed by atoms with Crippen LogP contribution in [0.25, 0.3) is 10.9 Å². The fraction of sp³-hybridized carbons (Fsp3) is 0.286. The molecular formula is C21H22N4O5S. The number of nitro benzene ring substituents is 1. The van der Waals surface area contributed by atoms with Crippen molar-refractivity contribution in [1.82, 2.24) is 14.2 Å². The third kappa shape index (κ3) is 4.30. The highest BCUT2D eigenvalue weighted by molar-refractivity contribution is 7.89. The molecule has 3 aromatic rings. The van der Waals surface area contributed by atoms with Crippen molar-refractivity contribution in [1.29, 1.82) is 0 Å². The first-order valence-corrected chi connectivity index (χ1v) is 11.4. The maximum atomic E-state index is 12.7. The van der Waals surface area contributed by atoms with Crippen molar-refractivity contribution < 1.29 is 18.1 Å². The van der Waals surface area contributed by atoms with Crippen LogP contribution in [0.1, 0.15) is 24.8 Å². The largest absolute Gasteiger partial charge is 0.333 e. The number of piperidine rings is 1. The summed E-state index contributed by atoms with van der Waals surface area (Å²) in [5.74, 6) is 0. The summed E-state index contributed by atoms with van der Waals surface area (Å²) in [6, 6.07) is 12.1. The lowest BCUT2D eigenvalue weighted by Crippen LogP contribution is -2.35. The highest BCUT2D eigenvalue weighted by Crippen LogP contribution is 2.22. The van der Waals surface area contributed by atoms with Crippen molar-refractivity contribution in [3.8, 4) is 0 Å². The molecule has 1 aliphatic heterocycles. The van der Waals surface area contributed by atoms with Gasteiger partial charge >= 0.3 is 6.03 Å². The molecule has 31 heavy (non-hydrogen) atoms. The lowest BCUT2D eigenvalue weighted by atomic mass is 10.2.